The molecule has 0 bridgehead atoms. The Bertz CT molecular complexity index is 73.8. The Labute approximate surface area is 72.6 Å². The summed E-state index contributed by atoms with van der Waals surface area (Å²) in [6.45, 7) is 4.17. The Hall–Kier alpha value is -0.0300. The quantitative estimate of drug-likeness (QED) is 0.648. The van der Waals surface area contributed by atoms with Crippen molar-refractivity contribution in [2.45, 2.75) is 39.5 Å². The molecule has 0 rings (SSSR count). The highest BCUT2D eigenvalue weighted by molar-refractivity contribution is 9.09. The van der Waals surface area contributed by atoms with Gasteiger partial charge in [-0.05, 0) is 12.8 Å². The van der Waals surface area contributed by atoms with Gasteiger partial charge in [0.2, 0.25) is 0 Å². The van der Waals surface area contributed by atoms with Crippen molar-refractivity contribution in [1.29, 1.82) is 5.26 Å². The molecule has 0 aromatic carbocycles. The molecule has 0 N–H and O–H groups in total. The summed E-state index contributed by atoms with van der Waals surface area (Å²) in [6, 6.07) is 2.02. The van der Waals surface area contributed by atoms with Gasteiger partial charge in [0.15, 0.2) is 0 Å². The molecule has 0 aliphatic heterocycles. The van der Waals surface area contributed by atoms with Gasteiger partial charge >= 0.3 is 0 Å². The fraction of sp³-hybridized carbons (Fsp3) is 0.875. The molecule has 0 heterocycles. The van der Waals surface area contributed by atoms with Crippen LogP contribution in [0.5, 0.6) is 0 Å². The summed E-state index contributed by atoms with van der Waals surface area (Å²) in [5, 5.41) is 8.97. The average molecular weight is 206 g/mol. The minimum atomic E-state index is 0.694. The largest absolute Gasteiger partial charge is 0.198 e. The van der Waals surface area contributed by atoms with Crippen molar-refractivity contribution in [3.05, 3.63) is 0 Å². The van der Waals surface area contributed by atoms with Crippen molar-refractivity contribution < 1.29 is 0 Å². The Morgan fingerprint density at radius 3 is 1.90 bits per heavy atom. The summed E-state index contributed by atoms with van der Waals surface area (Å²) in [5.74, 6) is 0. The van der Waals surface area contributed by atoms with E-state index in [-0.39, 0.29) is 0 Å². The number of hydrogen-bond acceptors (Lipinski definition) is 1. The van der Waals surface area contributed by atoms with Gasteiger partial charge in [0.25, 0.3) is 0 Å². The molecular formula is C8H16BrN. The zero-order valence-corrected chi connectivity index (χ0v) is 8.45. The number of nitriles is 1. The molecule has 0 unspecified atom stereocenters. The smallest absolute Gasteiger partial charge is 0.0621 e. The predicted molar refractivity (Wildman–Crippen MR) is 49.2 cm³/mol. The Kier molecular flexibility index (Phi) is 20.2. The van der Waals surface area contributed by atoms with Gasteiger partial charge in [-0.15, -0.1) is 0 Å². The zero-order chi connectivity index (χ0) is 8.24. The van der Waals surface area contributed by atoms with Crippen molar-refractivity contribution >= 4 is 15.9 Å². The van der Waals surface area contributed by atoms with Gasteiger partial charge in [-0.2, -0.15) is 5.26 Å². The van der Waals surface area contributed by atoms with Crippen molar-refractivity contribution in [1.82, 2.24) is 0 Å². The molecule has 0 aliphatic carbocycles. The van der Waals surface area contributed by atoms with E-state index in [2.05, 4.69) is 22.9 Å². The first-order chi connectivity index (χ1) is 4.83. The highest BCUT2D eigenvalue weighted by Crippen LogP contribution is 1.89. The lowest BCUT2D eigenvalue weighted by molar-refractivity contribution is 0.902. The predicted octanol–water partition coefficient (Wildman–Crippen LogP) is 3.49. The summed E-state index contributed by atoms with van der Waals surface area (Å²) in [4.78, 5) is 0. The fourth-order valence-electron chi connectivity index (χ4n) is 0.245. The molecule has 0 aromatic rings. The van der Waals surface area contributed by atoms with Crippen molar-refractivity contribution in [3.63, 3.8) is 0 Å². The minimum absolute atomic E-state index is 0.694. The molecule has 0 spiro atoms. The second-order valence-corrected chi connectivity index (χ2v) is 2.74. The van der Waals surface area contributed by atoms with E-state index in [9.17, 15) is 0 Å². The van der Waals surface area contributed by atoms with Crippen LogP contribution >= 0.6 is 15.9 Å². The molecule has 10 heavy (non-hydrogen) atoms. The first-order valence-electron chi connectivity index (χ1n) is 3.76. The van der Waals surface area contributed by atoms with E-state index in [1.54, 1.807) is 0 Å². The highest BCUT2D eigenvalue weighted by atomic mass is 79.9. The molecule has 0 aromatic heterocycles. The van der Waals surface area contributed by atoms with Crippen molar-refractivity contribution in [3.8, 4) is 6.07 Å². The van der Waals surface area contributed by atoms with E-state index in [1.165, 1.54) is 12.8 Å². The number of nitrogens with zero attached hydrogens (tertiary/aromatic N) is 1. The lowest BCUT2D eigenvalue weighted by Crippen LogP contribution is -1.64. The van der Waals surface area contributed by atoms with E-state index in [4.69, 9.17) is 5.26 Å². The third-order valence-electron chi connectivity index (χ3n) is 0.849. The number of unbranched alkanes of at least 4 members (excludes halogenated alkanes) is 2. The first-order valence-corrected chi connectivity index (χ1v) is 4.88. The molecule has 0 fully saturated rings. The van der Waals surface area contributed by atoms with Crippen LogP contribution < -0.4 is 0 Å². The molecule has 2 heteroatoms. The zero-order valence-electron chi connectivity index (χ0n) is 6.86. The number of hydrogen-bond donors (Lipinski definition) is 0. The van der Waals surface area contributed by atoms with E-state index in [0.717, 1.165) is 11.8 Å². The monoisotopic (exact) mass is 205 g/mol. The summed E-state index contributed by atoms with van der Waals surface area (Å²) < 4.78 is 0. The van der Waals surface area contributed by atoms with Gasteiger partial charge in [0, 0.05) is 11.8 Å². The lowest BCUT2D eigenvalue weighted by Gasteiger charge is -1.77. The van der Waals surface area contributed by atoms with Crippen LogP contribution in [0.1, 0.15) is 39.5 Å². The molecule has 0 radical (unpaired) electrons. The third kappa shape index (κ3) is 24.6. The molecule has 0 saturated heterocycles. The maximum absolute atomic E-state index is 7.82. The maximum Gasteiger partial charge on any atom is 0.0621 e. The second-order valence-electron chi connectivity index (χ2n) is 1.95. The average Bonchev–Trinajstić information content (AvgIpc) is 1.93. The van der Waals surface area contributed by atoms with Gasteiger partial charge in [0.05, 0.1) is 6.07 Å². The fourth-order valence-corrected chi connectivity index (χ4v) is 0.806. The van der Waals surface area contributed by atoms with Gasteiger partial charge < -0.3 is 0 Å². The standard InChI is InChI=1S/C4H9Br.C4H7N/c2*1-2-3-4-5/h2-4H2,1H3;2-3H2,1H3. The number of halogens is 1. The van der Waals surface area contributed by atoms with E-state index in [1.807, 2.05) is 13.0 Å². The van der Waals surface area contributed by atoms with Gasteiger partial charge in [-0.1, -0.05) is 36.2 Å². The maximum atomic E-state index is 7.82. The van der Waals surface area contributed by atoms with Crippen molar-refractivity contribution in [2.24, 2.45) is 0 Å². The molecule has 60 valence electrons. The first kappa shape index (κ1) is 12.6. The highest BCUT2D eigenvalue weighted by Gasteiger charge is 1.69. The van der Waals surface area contributed by atoms with Crippen LogP contribution in [0.3, 0.4) is 0 Å². The Morgan fingerprint density at radius 1 is 1.30 bits per heavy atom. The molecule has 0 atom stereocenters. The minimum Gasteiger partial charge on any atom is -0.198 e. The Balaban J connectivity index is 0. The van der Waals surface area contributed by atoms with Crippen molar-refractivity contribution in [2.75, 3.05) is 5.33 Å². The number of alkyl halides is 1. The molecule has 0 amide bonds. The van der Waals surface area contributed by atoms with Crippen LogP contribution in [-0.2, 0) is 0 Å². The van der Waals surface area contributed by atoms with E-state index >= 15 is 0 Å². The SMILES string of the molecule is CCCC#N.CCCCBr. The Morgan fingerprint density at radius 2 is 1.90 bits per heavy atom. The summed E-state index contributed by atoms with van der Waals surface area (Å²) in [7, 11) is 0. The topological polar surface area (TPSA) is 23.8 Å². The summed E-state index contributed by atoms with van der Waals surface area (Å²) in [5.41, 5.74) is 0. The van der Waals surface area contributed by atoms with E-state index < -0.39 is 0 Å². The van der Waals surface area contributed by atoms with Crippen LogP contribution in [-0.4, -0.2) is 5.33 Å². The van der Waals surface area contributed by atoms with Crippen LogP contribution in [0.2, 0.25) is 0 Å². The molecule has 1 nitrogen and oxygen atoms in total. The number of rotatable bonds is 3. The van der Waals surface area contributed by atoms with Crippen LogP contribution in [0.15, 0.2) is 0 Å². The second kappa shape index (κ2) is 16.0. The van der Waals surface area contributed by atoms with Crippen LogP contribution in [0.25, 0.3) is 0 Å². The summed E-state index contributed by atoms with van der Waals surface area (Å²) >= 11 is 3.31. The third-order valence-corrected chi connectivity index (χ3v) is 1.41. The van der Waals surface area contributed by atoms with Crippen LogP contribution in [0.4, 0.5) is 0 Å². The summed E-state index contributed by atoms with van der Waals surface area (Å²) in [6.07, 6.45) is 4.28. The lowest BCUT2D eigenvalue weighted by atomic mass is 10.4. The van der Waals surface area contributed by atoms with Gasteiger partial charge in [-0.25, -0.2) is 0 Å². The molecule has 0 saturated carbocycles. The van der Waals surface area contributed by atoms with E-state index in [0.29, 0.717) is 6.42 Å². The molecule has 0 aliphatic rings. The van der Waals surface area contributed by atoms with Gasteiger partial charge in [-0.3, -0.25) is 0 Å². The normalized spacial score (nSPS) is 7.40. The van der Waals surface area contributed by atoms with Gasteiger partial charge in [0.1, 0.15) is 0 Å². The molecular weight excluding hydrogens is 190 g/mol. The van der Waals surface area contributed by atoms with Crippen LogP contribution in [0, 0.1) is 11.3 Å².